The molecule has 1 aromatic rings. The zero-order valence-corrected chi connectivity index (χ0v) is 19.0. The van der Waals surface area contributed by atoms with Crippen LogP contribution in [0.15, 0.2) is 30.3 Å². The average Bonchev–Trinajstić information content (AvgIpc) is 2.77. The van der Waals surface area contributed by atoms with Gasteiger partial charge in [-0.2, -0.15) is 0 Å². The molecule has 168 valence electrons. The van der Waals surface area contributed by atoms with Crippen LogP contribution in [0, 0.1) is 11.8 Å². The normalized spacial score (nSPS) is 19.1. The van der Waals surface area contributed by atoms with Gasteiger partial charge in [0.15, 0.2) is 0 Å². The van der Waals surface area contributed by atoms with Crippen molar-refractivity contribution < 1.29 is 14.4 Å². The van der Waals surface area contributed by atoms with Crippen LogP contribution in [-0.2, 0) is 19.8 Å². The number of amides is 3. The van der Waals surface area contributed by atoms with E-state index in [1.807, 2.05) is 28.0 Å². The van der Waals surface area contributed by atoms with Gasteiger partial charge in [0.2, 0.25) is 17.7 Å². The molecule has 1 aromatic carbocycles. The van der Waals surface area contributed by atoms with Gasteiger partial charge in [0.25, 0.3) is 0 Å². The van der Waals surface area contributed by atoms with Gasteiger partial charge in [-0.15, -0.1) is 0 Å². The summed E-state index contributed by atoms with van der Waals surface area (Å²) in [4.78, 5) is 40.4. The second-order valence-electron chi connectivity index (χ2n) is 9.81. The monoisotopic (exact) mass is 425 g/mol. The number of carbonyl (C=O) groups is 3. The molecule has 0 aliphatic carbocycles. The first kappa shape index (κ1) is 23.0. The number of nitrogens with two attached hydrogens (primary N) is 1. The molecule has 0 unspecified atom stereocenters. The van der Waals surface area contributed by atoms with Gasteiger partial charge < -0.3 is 15.5 Å². The number of hydrogen-bond acceptors (Lipinski definition) is 3. The topological polar surface area (TPSA) is 83.7 Å². The molecule has 6 heteroatoms. The number of carbonyl (C=O) groups excluding carboxylic acids is 3. The van der Waals surface area contributed by atoms with Crippen LogP contribution in [0.5, 0.6) is 0 Å². The summed E-state index contributed by atoms with van der Waals surface area (Å²) in [5.74, 6) is -0.266. The van der Waals surface area contributed by atoms with Crippen molar-refractivity contribution in [3.63, 3.8) is 0 Å². The molecule has 2 aliphatic rings. The van der Waals surface area contributed by atoms with E-state index in [1.54, 1.807) is 6.08 Å². The van der Waals surface area contributed by atoms with E-state index in [-0.39, 0.29) is 35.0 Å². The summed E-state index contributed by atoms with van der Waals surface area (Å²) in [5, 5.41) is 0. The second-order valence-corrected chi connectivity index (χ2v) is 9.81. The Kier molecular flexibility index (Phi) is 7.19. The average molecular weight is 426 g/mol. The SMILES string of the molecule is CC(C)(C)c1ccc(C=CC(=O)N2CCC(C(=O)N3CCC(C(N)=O)CC3)CC2)cc1. The van der Waals surface area contributed by atoms with Crippen LogP contribution in [0.3, 0.4) is 0 Å². The van der Waals surface area contributed by atoms with E-state index >= 15 is 0 Å². The number of nitrogens with zero attached hydrogens (tertiary/aromatic N) is 2. The number of benzene rings is 1. The van der Waals surface area contributed by atoms with Crippen LogP contribution in [0.2, 0.25) is 0 Å². The summed E-state index contributed by atoms with van der Waals surface area (Å²) in [5.41, 5.74) is 7.75. The second kappa shape index (κ2) is 9.67. The molecule has 31 heavy (non-hydrogen) atoms. The van der Waals surface area contributed by atoms with Gasteiger partial charge in [-0.3, -0.25) is 14.4 Å². The Morgan fingerprint density at radius 3 is 1.90 bits per heavy atom. The highest BCUT2D eigenvalue weighted by Crippen LogP contribution is 2.25. The molecule has 3 amide bonds. The van der Waals surface area contributed by atoms with Crippen molar-refractivity contribution in [2.75, 3.05) is 26.2 Å². The highest BCUT2D eigenvalue weighted by Gasteiger charge is 2.32. The third kappa shape index (κ3) is 5.96. The zero-order valence-electron chi connectivity index (χ0n) is 19.0. The molecule has 2 fully saturated rings. The fourth-order valence-electron chi connectivity index (χ4n) is 4.36. The third-order valence-electron chi connectivity index (χ3n) is 6.56. The molecule has 0 aromatic heterocycles. The lowest BCUT2D eigenvalue weighted by molar-refractivity contribution is -0.141. The van der Waals surface area contributed by atoms with Crippen molar-refractivity contribution in [1.82, 2.24) is 9.80 Å². The van der Waals surface area contributed by atoms with Crippen molar-refractivity contribution in [3.05, 3.63) is 41.5 Å². The predicted molar refractivity (Wildman–Crippen MR) is 122 cm³/mol. The molecule has 2 N–H and O–H groups in total. The van der Waals surface area contributed by atoms with Crippen LogP contribution in [-0.4, -0.2) is 53.7 Å². The lowest BCUT2D eigenvalue weighted by Gasteiger charge is -2.36. The van der Waals surface area contributed by atoms with E-state index in [0.29, 0.717) is 51.9 Å². The summed E-state index contributed by atoms with van der Waals surface area (Å²) < 4.78 is 0. The van der Waals surface area contributed by atoms with E-state index < -0.39 is 0 Å². The fraction of sp³-hybridized carbons (Fsp3) is 0.560. The molecule has 2 heterocycles. The van der Waals surface area contributed by atoms with Gasteiger partial charge in [0.05, 0.1) is 0 Å². The molecular formula is C25H35N3O3. The van der Waals surface area contributed by atoms with Gasteiger partial charge in [0, 0.05) is 44.1 Å². The van der Waals surface area contributed by atoms with Gasteiger partial charge in [-0.05, 0) is 48.3 Å². The Hall–Kier alpha value is -2.63. The Morgan fingerprint density at radius 1 is 0.871 bits per heavy atom. The number of hydrogen-bond donors (Lipinski definition) is 1. The zero-order chi connectivity index (χ0) is 22.6. The number of primary amides is 1. The summed E-state index contributed by atoms with van der Waals surface area (Å²) in [6.45, 7) is 8.93. The smallest absolute Gasteiger partial charge is 0.246 e. The van der Waals surface area contributed by atoms with Crippen molar-refractivity contribution in [1.29, 1.82) is 0 Å². The van der Waals surface area contributed by atoms with E-state index in [2.05, 4.69) is 32.9 Å². The van der Waals surface area contributed by atoms with E-state index in [9.17, 15) is 14.4 Å². The van der Waals surface area contributed by atoms with Gasteiger partial charge in [0.1, 0.15) is 0 Å². The first-order valence-electron chi connectivity index (χ1n) is 11.3. The standard InChI is InChI=1S/C25H35N3O3/c1-25(2,3)21-7-4-18(5-8-21)6-9-22(29)27-14-12-20(13-15-27)24(31)28-16-10-19(11-17-28)23(26)30/h4-9,19-20H,10-17H2,1-3H3,(H2,26,30). The quantitative estimate of drug-likeness (QED) is 0.753. The Bertz CT molecular complexity index is 823. The molecular weight excluding hydrogens is 390 g/mol. The third-order valence-corrected chi connectivity index (χ3v) is 6.56. The van der Waals surface area contributed by atoms with Crippen LogP contribution >= 0.6 is 0 Å². The maximum Gasteiger partial charge on any atom is 0.246 e. The van der Waals surface area contributed by atoms with Crippen molar-refractivity contribution >= 4 is 23.8 Å². The minimum Gasteiger partial charge on any atom is -0.369 e. The minimum atomic E-state index is -0.267. The summed E-state index contributed by atoms with van der Waals surface area (Å²) >= 11 is 0. The molecule has 0 bridgehead atoms. The minimum absolute atomic E-state index is 0.00642. The Morgan fingerprint density at radius 2 is 1.39 bits per heavy atom. The lowest BCUT2D eigenvalue weighted by Crippen LogP contribution is -2.47. The first-order valence-corrected chi connectivity index (χ1v) is 11.3. The molecule has 0 spiro atoms. The van der Waals surface area contributed by atoms with Crippen LogP contribution < -0.4 is 5.73 Å². The maximum atomic E-state index is 12.8. The van der Waals surface area contributed by atoms with Gasteiger partial charge in [-0.25, -0.2) is 0 Å². The Labute approximate surface area is 185 Å². The van der Waals surface area contributed by atoms with Crippen LogP contribution in [0.4, 0.5) is 0 Å². The van der Waals surface area contributed by atoms with Crippen LogP contribution in [0.1, 0.15) is 57.6 Å². The van der Waals surface area contributed by atoms with Crippen molar-refractivity contribution in [2.45, 2.75) is 51.9 Å². The van der Waals surface area contributed by atoms with Gasteiger partial charge in [-0.1, -0.05) is 45.0 Å². The number of rotatable bonds is 4. The lowest BCUT2D eigenvalue weighted by atomic mass is 9.87. The first-order chi connectivity index (χ1) is 14.6. The number of piperidine rings is 2. The number of likely N-dealkylation sites (tertiary alicyclic amines) is 2. The molecule has 2 saturated heterocycles. The molecule has 0 radical (unpaired) electrons. The van der Waals surface area contributed by atoms with E-state index in [1.165, 1.54) is 5.56 Å². The van der Waals surface area contributed by atoms with E-state index in [4.69, 9.17) is 5.73 Å². The van der Waals surface area contributed by atoms with E-state index in [0.717, 1.165) is 5.56 Å². The Balaban J connectivity index is 1.47. The summed E-state index contributed by atoms with van der Waals surface area (Å²) in [6.07, 6.45) is 6.17. The van der Waals surface area contributed by atoms with Crippen molar-refractivity contribution in [2.24, 2.45) is 17.6 Å². The van der Waals surface area contributed by atoms with Crippen molar-refractivity contribution in [3.8, 4) is 0 Å². The molecule has 3 rings (SSSR count). The van der Waals surface area contributed by atoms with Gasteiger partial charge >= 0.3 is 0 Å². The largest absolute Gasteiger partial charge is 0.369 e. The maximum absolute atomic E-state index is 12.8. The molecule has 0 saturated carbocycles. The predicted octanol–water partition coefficient (Wildman–Crippen LogP) is 2.96. The molecule has 2 aliphatic heterocycles. The summed E-state index contributed by atoms with van der Waals surface area (Å²) in [6, 6.07) is 8.29. The fourth-order valence-corrected chi connectivity index (χ4v) is 4.36. The molecule has 6 nitrogen and oxygen atoms in total. The highest BCUT2D eigenvalue weighted by molar-refractivity contribution is 5.92. The highest BCUT2D eigenvalue weighted by atomic mass is 16.2. The summed E-state index contributed by atoms with van der Waals surface area (Å²) in [7, 11) is 0. The van der Waals surface area contributed by atoms with Crippen LogP contribution in [0.25, 0.3) is 6.08 Å². The molecule has 0 atom stereocenters.